The molecule has 0 aliphatic carbocycles. The monoisotopic (exact) mass is 496 g/mol. The molecule has 4 aliphatic rings. The van der Waals surface area contributed by atoms with Crippen molar-refractivity contribution in [3.05, 3.63) is 53.6 Å². The topological polar surface area (TPSA) is 87.2 Å². The number of rotatable bonds is 4. The predicted molar refractivity (Wildman–Crippen MR) is 135 cm³/mol. The minimum absolute atomic E-state index is 0.0854. The number of hydrogen-bond donors (Lipinski definition) is 1. The molecule has 2 saturated heterocycles. The molecule has 2 amide bonds. The Morgan fingerprint density at radius 1 is 1.09 bits per heavy atom. The van der Waals surface area contributed by atoms with E-state index in [4.69, 9.17) is 4.74 Å². The molecule has 186 valence electrons. The maximum Gasteiger partial charge on any atom is 0.311 e. The summed E-state index contributed by atoms with van der Waals surface area (Å²) in [5.74, 6) is -2.14. The molecule has 0 bridgehead atoms. The first kappa shape index (κ1) is 24.1. The fraction of sp³-hybridized carbons (Fsp3) is 0.519. The van der Waals surface area contributed by atoms with Crippen molar-refractivity contribution in [2.45, 2.75) is 49.1 Å². The Hall–Kier alpha value is -2.58. The molecule has 1 aromatic carbocycles. The number of hydrogen-bond acceptors (Lipinski definition) is 6. The number of fused-ring (bicyclic) bond motifs is 2. The van der Waals surface area contributed by atoms with Crippen LogP contribution in [0.1, 0.15) is 30.9 Å². The van der Waals surface area contributed by atoms with Crippen molar-refractivity contribution in [1.29, 1.82) is 0 Å². The molecule has 8 heteroatoms. The van der Waals surface area contributed by atoms with Gasteiger partial charge >= 0.3 is 5.97 Å². The summed E-state index contributed by atoms with van der Waals surface area (Å²) in [4.78, 5) is 45.1. The molecule has 0 radical (unpaired) electrons. The van der Waals surface area contributed by atoms with Gasteiger partial charge in [-0.25, -0.2) is 0 Å². The molecule has 0 aromatic heterocycles. The van der Waals surface area contributed by atoms with Gasteiger partial charge in [0.25, 0.3) is 5.91 Å². The van der Waals surface area contributed by atoms with Gasteiger partial charge < -0.3 is 19.6 Å². The highest BCUT2D eigenvalue weighted by molar-refractivity contribution is 8.02. The Kier molecular flexibility index (Phi) is 6.08. The molecule has 5 atom stereocenters. The maximum atomic E-state index is 14.4. The molecule has 1 N–H and O–H groups in total. The zero-order chi connectivity index (χ0) is 25.0. The van der Waals surface area contributed by atoms with E-state index in [9.17, 15) is 19.5 Å². The highest BCUT2D eigenvalue weighted by atomic mass is 32.2. The second kappa shape index (κ2) is 8.82. The van der Waals surface area contributed by atoms with Crippen molar-refractivity contribution < 1.29 is 24.2 Å². The van der Waals surface area contributed by atoms with Crippen molar-refractivity contribution in [1.82, 2.24) is 4.90 Å². The number of carbonyl (C=O) groups excluding carboxylic acids is 3. The van der Waals surface area contributed by atoms with E-state index < -0.39 is 27.4 Å². The number of para-hydroxylation sites is 1. The van der Waals surface area contributed by atoms with Crippen molar-refractivity contribution in [2.24, 2.45) is 11.8 Å². The lowest BCUT2D eigenvalue weighted by Gasteiger charge is -2.37. The molecule has 5 rings (SSSR count). The Balaban J connectivity index is 1.66. The smallest absolute Gasteiger partial charge is 0.311 e. The average Bonchev–Trinajstić information content (AvgIpc) is 3.12. The maximum absolute atomic E-state index is 14.4. The standard InChI is InChI=1S/C27H32N2O5S/c1-17-9-6-10-18(2)21(17)28-13-7-12-27-19(23(31)29(14-8-15-30)22(27)24(28)32)20-25(33)34-16-5-4-11-26(20,3)35-27/h4,6-7,9-12,19-20,22,30H,5,8,13-16H2,1-3H3/t19-,20+,22?,26-,27-/m0/s1. The van der Waals surface area contributed by atoms with Gasteiger partial charge in [-0.3, -0.25) is 14.4 Å². The van der Waals surface area contributed by atoms with Crippen molar-refractivity contribution >= 4 is 35.2 Å². The van der Waals surface area contributed by atoms with Crippen LogP contribution in [0, 0.1) is 25.7 Å². The summed E-state index contributed by atoms with van der Waals surface area (Å²) >= 11 is 1.54. The van der Waals surface area contributed by atoms with Crippen molar-refractivity contribution in [3.63, 3.8) is 0 Å². The molecule has 7 nitrogen and oxygen atoms in total. The van der Waals surface area contributed by atoms with E-state index in [0.29, 0.717) is 19.4 Å². The van der Waals surface area contributed by atoms with Crippen LogP contribution in [-0.2, 0) is 19.1 Å². The summed E-state index contributed by atoms with van der Waals surface area (Å²) in [6, 6.07) is 5.17. The fourth-order valence-corrected chi connectivity index (χ4v) is 8.55. The quantitative estimate of drug-likeness (QED) is 0.510. The first-order valence-electron chi connectivity index (χ1n) is 12.3. The van der Waals surface area contributed by atoms with E-state index in [1.165, 1.54) is 0 Å². The van der Waals surface area contributed by atoms with Gasteiger partial charge in [0.15, 0.2) is 0 Å². The SMILES string of the molecule is Cc1cccc(C)c1N1CC=C[C@]23S[C@@]4(C)C=CCCOC(=O)[C@H]4[C@H]2C(=O)N(CCCO)C3C1=O. The molecule has 0 saturated carbocycles. The van der Waals surface area contributed by atoms with Gasteiger partial charge in [0.1, 0.15) is 6.04 Å². The number of aliphatic hydroxyl groups is 1. The van der Waals surface area contributed by atoms with Crippen LogP contribution in [0.2, 0.25) is 0 Å². The van der Waals surface area contributed by atoms with Gasteiger partial charge in [0.2, 0.25) is 5.91 Å². The number of aliphatic hydroxyl groups excluding tert-OH is 1. The number of cyclic esters (lactones) is 1. The number of esters is 1. The lowest BCUT2D eigenvalue weighted by molar-refractivity contribution is -0.154. The molecule has 1 unspecified atom stereocenters. The number of carbonyl (C=O) groups is 3. The Labute approximate surface area is 210 Å². The van der Waals surface area contributed by atoms with Crippen LogP contribution >= 0.6 is 11.8 Å². The first-order chi connectivity index (χ1) is 16.7. The number of likely N-dealkylation sites (tertiary alicyclic amines) is 1. The number of ether oxygens (including phenoxy) is 1. The third-order valence-electron chi connectivity index (χ3n) is 7.79. The second-order valence-electron chi connectivity index (χ2n) is 10.1. The minimum atomic E-state index is -0.901. The van der Waals surface area contributed by atoms with E-state index >= 15 is 0 Å². The van der Waals surface area contributed by atoms with Gasteiger partial charge in [-0.1, -0.05) is 42.5 Å². The van der Waals surface area contributed by atoms with Crippen LogP contribution in [-0.4, -0.2) is 69.6 Å². The van der Waals surface area contributed by atoms with Crippen LogP contribution in [0.4, 0.5) is 5.69 Å². The third-order valence-corrected chi connectivity index (χ3v) is 9.58. The molecular weight excluding hydrogens is 464 g/mol. The molecule has 4 aliphatic heterocycles. The van der Waals surface area contributed by atoms with Gasteiger partial charge in [-0.05, 0) is 44.7 Å². The van der Waals surface area contributed by atoms with Gasteiger partial charge in [0, 0.05) is 30.1 Å². The Morgan fingerprint density at radius 3 is 2.54 bits per heavy atom. The average molecular weight is 497 g/mol. The van der Waals surface area contributed by atoms with E-state index in [0.717, 1.165) is 16.8 Å². The minimum Gasteiger partial charge on any atom is -0.465 e. The van der Waals surface area contributed by atoms with Gasteiger partial charge in [0.05, 0.1) is 23.2 Å². The van der Waals surface area contributed by atoms with Crippen molar-refractivity contribution in [2.75, 3.05) is 31.2 Å². The number of amides is 2. The summed E-state index contributed by atoms with van der Waals surface area (Å²) in [7, 11) is 0. The van der Waals surface area contributed by atoms with Crippen LogP contribution in [0.25, 0.3) is 0 Å². The summed E-state index contributed by atoms with van der Waals surface area (Å²) in [5.41, 5.74) is 2.84. The van der Waals surface area contributed by atoms with E-state index in [1.54, 1.807) is 21.6 Å². The highest BCUT2D eigenvalue weighted by Gasteiger charge is 2.73. The fourth-order valence-electron chi connectivity index (χ4n) is 6.40. The third kappa shape index (κ3) is 3.56. The largest absolute Gasteiger partial charge is 0.465 e. The first-order valence-corrected chi connectivity index (χ1v) is 13.1. The van der Waals surface area contributed by atoms with Crippen LogP contribution in [0.3, 0.4) is 0 Å². The summed E-state index contributed by atoms with van der Waals surface area (Å²) in [6.07, 6.45) is 9.02. The number of benzene rings is 1. The molecule has 4 heterocycles. The summed E-state index contributed by atoms with van der Waals surface area (Å²) < 4.78 is 3.99. The van der Waals surface area contributed by atoms with Crippen LogP contribution in [0.5, 0.6) is 0 Å². The van der Waals surface area contributed by atoms with Gasteiger partial charge in [-0.15, -0.1) is 11.8 Å². The zero-order valence-electron chi connectivity index (χ0n) is 20.4. The highest BCUT2D eigenvalue weighted by Crippen LogP contribution is 2.65. The molecule has 35 heavy (non-hydrogen) atoms. The molecular formula is C27H32N2O5S. The molecule has 1 aromatic rings. The number of aryl methyl sites for hydroxylation is 2. The zero-order valence-corrected chi connectivity index (χ0v) is 21.2. The predicted octanol–water partition coefficient (Wildman–Crippen LogP) is 2.78. The Bertz CT molecular complexity index is 1110. The summed E-state index contributed by atoms with van der Waals surface area (Å²) in [5, 5.41) is 9.54. The van der Waals surface area contributed by atoms with E-state index in [2.05, 4.69) is 0 Å². The second-order valence-corrected chi connectivity index (χ2v) is 11.8. The van der Waals surface area contributed by atoms with E-state index in [-0.39, 0.29) is 37.5 Å². The normalized spacial score (nSPS) is 34.2. The summed E-state index contributed by atoms with van der Waals surface area (Å²) in [6.45, 7) is 6.80. The number of nitrogens with zero attached hydrogens (tertiary/aromatic N) is 2. The molecule has 2 fully saturated rings. The van der Waals surface area contributed by atoms with Gasteiger partial charge in [-0.2, -0.15) is 0 Å². The van der Waals surface area contributed by atoms with E-state index in [1.807, 2.05) is 63.3 Å². The molecule has 1 spiro atoms. The van der Waals surface area contributed by atoms with Crippen LogP contribution in [0.15, 0.2) is 42.5 Å². The number of thioether (sulfide) groups is 1. The van der Waals surface area contributed by atoms with Crippen molar-refractivity contribution in [3.8, 4) is 0 Å². The van der Waals surface area contributed by atoms with Crippen LogP contribution < -0.4 is 4.90 Å². The Morgan fingerprint density at radius 2 is 1.83 bits per heavy atom. The lowest BCUT2D eigenvalue weighted by atomic mass is 9.74. The number of anilines is 1. The lowest BCUT2D eigenvalue weighted by Crippen LogP contribution is -2.54.